The first-order valence-corrected chi connectivity index (χ1v) is 7.92. The van der Waals surface area contributed by atoms with Crippen molar-refractivity contribution in [2.45, 2.75) is 46.0 Å². The Labute approximate surface area is 143 Å². The molecule has 3 nitrogen and oxygen atoms in total. The third-order valence-corrected chi connectivity index (χ3v) is 3.75. The number of aromatic amines is 1. The molecule has 0 saturated heterocycles. The Morgan fingerprint density at radius 1 is 1.09 bits per heavy atom. The molecule has 0 fully saturated rings. The molecule has 5 heteroatoms. The van der Waals surface area contributed by atoms with Gasteiger partial charge in [-0.3, -0.25) is 0 Å². The van der Waals surface area contributed by atoms with Crippen LogP contribution in [0.2, 0.25) is 5.02 Å². The van der Waals surface area contributed by atoms with Gasteiger partial charge in [0.2, 0.25) is 0 Å². The van der Waals surface area contributed by atoms with E-state index < -0.39 is 0 Å². The zero-order valence-corrected chi connectivity index (χ0v) is 14.8. The highest BCUT2D eigenvalue weighted by atomic mass is 35.5. The van der Waals surface area contributed by atoms with E-state index in [1.165, 1.54) is 19.3 Å². The van der Waals surface area contributed by atoms with Crippen LogP contribution in [0.5, 0.6) is 5.75 Å². The average Bonchev–Trinajstić information content (AvgIpc) is 2.93. The predicted octanol–water partition coefficient (Wildman–Crippen LogP) is 5.28. The van der Waals surface area contributed by atoms with E-state index in [4.69, 9.17) is 16.3 Å². The summed E-state index contributed by atoms with van der Waals surface area (Å²) in [7, 11) is 0. The van der Waals surface area contributed by atoms with E-state index in [1.54, 1.807) is 6.20 Å². The van der Waals surface area contributed by atoms with Crippen LogP contribution in [0, 0.1) is 13.8 Å². The van der Waals surface area contributed by atoms with E-state index in [2.05, 4.69) is 9.97 Å². The van der Waals surface area contributed by atoms with Crippen LogP contribution in [-0.2, 0) is 6.42 Å². The van der Waals surface area contributed by atoms with Crippen molar-refractivity contribution in [3.05, 3.63) is 46.5 Å². The summed E-state index contributed by atoms with van der Waals surface area (Å²) in [6, 6.07) is 3.90. The highest BCUT2D eigenvalue weighted by molar-refractivity contribution is 6.30. The Hall–Kier alpha value is -1.19. The number of ether oxygens (including phenoxy) is 1. The number of nitrogens with zero attached hydrogens (tertiary/aromatic N) is 1. The number of aryl methyl sites for hydroxylation is 3. The maximum Gasteiger partial charge on any atom is 0.125 e. The second kappa shape index (κ2) is 9.75. The number of rotatable bonds is 8. The van der Waals surface area contributed by atoms with Crippen LogP contribution in [0.25, 0.3) is 0 Å². The van der Waals surface area contributed by atoms with Gasteiger partial charge in [0.1, 0.15) is 11.6 Å². The third-order valence-electron chi connectivity index (χ3n) is 3.53. The van der Waals surface area contributed by atoms with Crippen molar-refractivity contribution in [1.29, 1.82) is 0 Å². The molecule has 0 bridgehead atoms. The average molecular weight is 343 g/mol. The molecular weight excluding hydrogens is 319 g/mol. The first-order valence-electron chi connectivity index (χ1n) is 7.54. The minimum absolute atomic E-state index is 0. The lowest BCUT2D eigenvalue weighted by molar-refractivity contribution is 0.301. The molecule has 0 radical (unpaired) electrons. The van der Waals surface area contributed by atoms with Crippen LogP contribution in [0.15, 0.2) is 24.5 Å². The van der Waals surface area contributed by atoms with Gasteiger partial charge in [-0.15, -0.1) is 12.4 Å². The van der Waals surface area contributed by atoms with Gasteiger partial charge in [-0.2, -0.15) is 0 Å². The molecule has 0 aliphatic heterocycles. The number of aromatic nitrogens is 2. The van der Waals surface area contributed by atoms with Gasteiger partial charge < -0.3 is 9.72 Å². The van der Waals surface area contributed by atoms with Gasteiger partial charge in [-0.05, 0) is 49.9 Å². The van der Waals surface area contributed by atoms with Crippen LogP contribution in [-0.4, -0.2) is 16.6 Å². The van der Waals surface area contributed by atoms with E-state index in [-0.39, 0.29) is 12.4 Å². The standard InChI is InChI=1S/C17H23ClN2O.ClH/c1-13-11-15(18)12-14(2)17(13)21-10-6-4-3-5-7-16-19-8-9-20-16;/h8-9,11-12H,3-7,10H2,1-2H3,(H,19,20);1H. The normalized spacial score (nSPS) is 10.3. The van der Waals surface area contributed by atoms with E-state index in [9.17, 15) is 0 Å². The number of hydrogen-bond donors (Lipinski definition) is 1. The number of benzene rings is 1. The van der Waals surface area contributed by atoms with Crippen LogP contribution < -0.4 is 4.74 Å². The largest absolute Gasteiger partial charge is 0.493 e. The van der Waals surface area contributed by atoms with Gasteiger partial charge in [0.15, 0.2) is 0 Å². The SMILES string of the molecule is Cc1cc(Cl)cc(C)c1OCCCCCCc1ncc[nH]1.Cl. The first-order chi connectivity index (χ1) is 10.2. The molecule has 1 aromatic carbocycles. The van der Waals surface area contributed by atoms with Crippen molar-refractivity contribution in [2.75, 3.05) is 6.61 Å². The summed E-state index contributed by atoms with van der Waals surface area (Å²) in [5.74, 6) is 2.06. The molecule has 1 aromatic heterocycles. The van der Waals surface area contributed by atoms with Crippen molar-refractivity contribution in [3.63, 3.8) is 0 Å². The summed E-state index contributed by atoms with van der Waals surface area (Å²) in [6.45, 7) is 4.85. The Kier molecular flexibility index (Phi) is 8.36. The number of halogens is 2. The van der Waals surface area contributed by atoms with Gasteiger partial charge in [-0.1, -0.05) is 24.4 Å². The van der Waals surface area contributed by atoms with Gasteiger partial charge in [-0.25, -0.2) is 4.98 Å². The molecule has 1 N–H and O–H groups in total. The molecular formula is C17H24Cl2N2O. The number of nitrogens with one attached hydrogen (secondary N) is 1. The van der Waals surface area contributed by atoms with Crippen molar-refractivity contribution in [3.8, 4) is 5.75 Å². The fourth-order valence-corrected chi connectivity index (χ4v) is 2.81. The molecule has 0 spiro atoms. The lowest BCUT2D eigenvalue weighted by atomic mass is 10.1. The summed E-state index contributed by atoms with van der Waals surface area (Å²) in [5, 5.41) is 0.773. The lowest BCUT2D eigenvalue weighted by Gasteiger charge is -2.12. The van der Waals surface area contributed by atoms with E-state index in [0.717, 1.165) is 47.2 Å². The summed E-state index contributed by atoms with van der Waals surface area (Å²) in [6.07, 6.45) is 9.37. The van der Waals surface area contributed by atoms with E-state index in [1.807, 2.05) is 32.2 Å². The Bertz CT molecular complexity index is 533. The molecule has 1 heterocycles. The van der Waals surface area contributed by atoms with Gasteiger partial charge in [0.25, 0.3) is 0 Å². The number of unbranched alkanes of at least 4 members (excludes halogenated alkanes) is 3. The maximum atomic E-state index is 6.02. The fraction of sp³-hybridized carbons (Fsp3) is 0.471. The van der Waals surface area contributed by atoms with Crippen LogP contribution in [0.3, 0.4) is 0 Å². The molecule has 0 aliphatic carbocycles. The third kappa shape index (κ3) is 5.90. The Balaban J connectivity index is 0.00000242. The molecule has 2 aromatic rings. The number of H-pyrrole nitrogens is 1. The van der Waals surface area contributed by atoms with Crippen LogP contribution >= 0.6 is 24.0 Å². The van der Waals surface area contributed by atoms with Gasteiger partial charge in [0.05, 0.1) is 6.61 Å². The molecule has 0 saturated carbocycles. The quantitative estimate of drug-likeness (QED) is 0.662. The molecule has 0 aliphatic rings. The summed E-state index contributed by atoms with van der Waals surface area (Å²) in [4.78, 5) is 7.36. The second-order valence-electron chi connectivity index (χ2n) is 5.42. The van der Waals surface area contributed by atoms with Gasteiger partial charge in [0, 0.05) is 23.8 Å². The molecule has 0 unspecified atom stereocenters. The highest BCUT2D eigenvalue weighted by Crippen LogP contribution is 2.27. The maximum absolute atomic E-state index is 6.02. The van der Waals surface area contributed by atoms with Crippen molar-refractivity contribution in [1.82, 2.24) is 9.97 Å². The minimum Gasteiger partial charge on any atom is -0.493 e. The zero-order valence-electron chi connectivity index (χ0n) is 13.2. The predicted molar refractivity (Wildman–Crippen MR) is 94.4 cm³/mol. The van der Waals surface area contributed by atoms with Crippen LogP contribution in [0.4, 0.5) is 0 Å². The zero-order chi connectivity index (χ0) is 15.1. The van der Waals surface area contributed by atoms with E-state index >= 15 is 0 Å². The number of hydrogen-bond acceptors (Lipinski definition) is 2. The van der Waals surface area contributed by atoms with Crippen LogP contribution in [0.1, 0.15) is 42.6 Å². The van der Waals surface area contributed by atoms with Crippen molar-refractivity contribution < 1.29 is 4.74 Å². The summed E-state index contributed by atoms with van der Waals surface area (Å²) >= 11 is 6.02. The first kappa shape index (κ1) is 18.9. The highest BCUT2D eigenvalue weighted by Gasteiger charge is 2.05. The molecule has 0 amide bonds. The summed E-state index contributed by atoms with van der Waals surface area (Å²) in [5.41, 5.74) is 2.22. The summed E-state index contributed by atoms with van der Waals surface area (Å²) < 4.78 is 5.90. The molecule has 0 atom stereocenters. The van der Waals surface area contributed by atoms with Crippen molar-refractivity contribution in [2.24, 2.45) is 0 Å². The Morgan fingerprint density at radius 3 is 2.41 bits per heavy atom. The topological polar surface area (TPSA) is 37.9 Å². The van der Waals surface area contributed by atoms with E-state index in [0.29, 0.717) is 0 Å². The monoisotopic (exact) mass is 342 g/mol. The smallest absolute Gasteiger partial charge is 0.125 e. The Morgan fingerprint density at radius 2 is 1.77 bits per heavy atom. The lowest BCUT2D eigenvalue weighted by Crippen LogP contribution is -2.01. The number of imidazole rings is 1. The minimum atomic E-state index is 0. The molecule has 2 rings (SSSR count). The second-order valence-corrected chi connectivity index (χ2v) is 5.85. The van der Waals surface area contributed by atoms with Crippen molar-refractivity contribution >= 4 is 24.0 Å². The molecule has 22 heavy (non-hydrogen) atoms. The van der Waals surface area contributed by atoms with Gasteiger partial charge >= 0.3 is 0 Å². The fourth-order valence-electron chi connectivity index (χ4n) is 2.48. The molecule has 122 valence electrons.